The average Bonchev–Trinajstić information content (AvgIpc) is 3.65. The lowest BCUT2D eigenvalue weighted by molar-refractivity contribution is -0.274. The first-order valence-electron chi connectivity index (χ1n) is 11.3. The van der Waals surface area contributed by atoms with Crippen molar-refractivity contribution in [2.45, 2.75) is 31.0 Å². The fourth-order valence-electron chi connectivity index (χ4n) is 4.04. The highest BCUT2D eigenvalue weighted by atomic mass is 32.2. The first-order valence-corrected chi connectivity index (χ1v) is 12.8. The Morgan fingerprint density at radius 1 is 1.11 bits per heavy atom. The minimum Gasteiger partial charge on any atom is -0.406 e. The number of amides is 1. The normalized spacial score (nSPS) is 17.1. The number of carbonyl (C=O) groups is 1. The zero-order valence-corrected chi connectivity index (χ0v) is 20.0. The molecular formula is C24H25F4N3O4S. The molecule has 194 valence electrons. The van der Waals surface area contributed by atoms with E-state index in [1.54, 1.807) is 12.1 Å². The molecule has 1 heterocycles. The maximum Gasteiger partial charge on any atom is 0.573 e. The molecule has 0 bridgehead atoms. The molecule has 2 fully saturated rings. The number of hydrogen-bond acceptors (Lipinski definition) is 6. The minimum absolute atomic E-state index is 0.286. The number of carbonyl (C=O) groups excluding carboxylic acids is 1. The van der Waals surface area contributed by atoms with E-state index in [4.69, 9.17) is 0 Å². The lowest BCUT2D eigenvalue weighted by Crippen LogP contribution is -2.46. The van der Waals surface area contributed by atoms with Crippen molar-refractivity contribution in [1.29, 1.82) is 0 Å². The van der Waals surface area contributed by atoms with Gasteiger partial charge in [-0.25, -0.2) is 17.5 Å². The van der Waals surface area contributed by atoms with Gasteiger partial charge in [0.2, 0.25) is 10.0 Å². The number of alkyl halides is 3. The summed E-state index contributed by atoms with van der Waals surface area (Å²) in [5.74, 6) is -2.11. The molecule has 1 aliphatic heterocycles. The Labute approximate surface area is 206 Å². The summed E-state index contributed by atoms with van der Waals surface area (Å²) in [4.78, 5) is 16.5. The highest BCUT2D eigenvalue weighted by molar-refractivity contribution is 7.91. The van der Waals surface area contributed by atoms with E-state index in [-0.39, 0.29) is 11.3 Å². The smallest absolute Gasteiger partial charge is 0.406 e. The summed E-state index contributed by atoms with van der Waals surface area (Å²) >= 11 is 0. The topological polar surface area (TPSA) is 79.0 Å². The van der Waals surface area contributed by atoms with Gasteiger partial charge < -0.3 is 9.64 Å². The number of anilines is 1. The summed E-state index contributed by atoms with van der Waals surface area (Å²) in [5.41, 5.74) is 1.53. The van der Waals surface area contributed by atoms with E-state index in [2.05, 4.69) is 16.2 Å². The molecule has 0 spiro atoms. The Hall–Kier alpha value is -3.12. The monoisotopic (exact) mass is 527 g/mol. The van der Waals surface area contributed by atoms with Crippen LogP contribution < -0.4 is 14.4 Å². The second-order valence-electron chi connectivity index (χ2n) is 8.72. The lowest BCUT2D eigenvalue weighted by Gasteiger charge is -2.36. The third-order valence-electron chi connectivity index (χ3n) is 6.09. The zero-order chi connectivity index (χ0) is 26.1. The summed E-state index contributed by atoms with van der Waals surface area (Å²) in [5, 5.41) is -0.604. The van der Waals surface area contributed by atoms with E-state index < -0.39 is 33.4 Å². The number of piperazine rings is 1. The molecule has 2 aliphatic rings. The number of hydrogen-bond donors (Lipinski definition) is 1. The van der Waals surface area contributed by atoms with Crippen molar-refractivity contribution in [1.82, 2.24) is 9.62 Å². The van der Waals surface area contributed by atoms with Crippen LogP contribution in [-0.2, 0) is 16.6 Å². The van der Waals surface area contributed by atoms with Gasteiger partial charge in [-0.2, -0.15) is 0 Å². The molecule has 7 nitrogen and oxygen atoms in total. The number of halogens is 4. The van der Waals surface area contributed by atoms with Crippen LogP contribution >= 0.6 is 0 Å². The first-order chi connectivity index (χ1) is 16.9. The molecule has 0 radical (unpaired) electrons. The molecule has 1 N–H and O–H groups in total. The van der Waals surface area contributed by atoms with E-state index in [1.165, 1.54) is 30.3 Å². The van der Waals surface area contributed by atoms with Crippen molar-refractivity contribution in [3.05, 3.63) is 65.5 Å². The predicted molar refractivity (Wildman–Crippen MR) is 127 cm³/mol. The second-order valence-corrected chi connectivity index (χ2v) is 10.7. The highest BCUT2D eigenvalue weighted by Crippen LogP contribution is 2.29. The van der Waals surface area contributed by atoms with Crippen LogP contribution in [0.25, 0.3) is 6.08 Å². The number of benzene rings is 2. The van der Waals surface area contributed by atoms with Crippen LogP contribution in [0.3, 0.4) is 0 Å². The molecule has 0 aromatic heterocycles. The van der Waals surface area contributed by atoms with Crippen molar-refractivity contribution >= 4 is 27.7 Å². The average molecular weight is 528 g/mol. The number of nitrogens with zero attached hydrogens (tertiary/aromatic N) is 2. The Morgan fingerprint density at radius 3 is 2.31 bits per heavy atom. The standard InChI is InChI=1S/C24H25F4N3O4S/c1-2-16-13-21(23(32)29-36(33,34)20-7-8-20)22(25)14-17(16)15-30-9-11-31(12-10-30)18-3-5-19(6-4-18)35-24(26,27)28/h2-6,13-14,20H,1,7-12,15H2,(H,29,32). The predicted octanol–water partition coefficient (Wildman–Crippen LogP) is 3.91. The summed E-state index contributed by atoms with van der Waals surface area (Å²) in [7, 11) is -3.80. The highest BCUT2D eigenvalue weighted by Gasteiger charge is 2.37. The fraction of sp³-hybridized carbons (Fsp3) is 0.375. The van der Waals surface area contributed by atoms with Gasteiger partial charge in [-0.1, -0.05) is 12.7 Å². The second kappa shape index (κ2) is 10.1. The van der Waals surface area contributed by atoms with E-state index in [0.29, 0.717) is 56.7 Å². The van der Waals surface area contributed by atoms with E-state index in [9.17, 15) is 30.8 Å². The summed E-state index contributed by atoms with van der Waals surface area (Å²) in [6.45, 7) is 6.54. The van der Waals surface area contributed by atoms with Crippen LogP contribution in [0.15, 0.2) is 43.0 Å². The van der Waals surface area contributed by atoms with Crippen LogP contribution in [0.2, 0.25) is 0 Å². The number of nitrogens with one attached hydrogen (secondary N) is 1. The summed E-state index contributed by atoms with van der Waals surface area (Å²) in [6.07, 6.45) is -2.30. The molecule has 1 aliphatic carbocycles. The van der Waals surface area contributed by atoms with Crippen molar-refractivity contribution in [2.75, 3.05) is 31.1 Å². The largest absolute Gasteiger partial charge is 0.573 e. The van der Waals surface area contributed by atoms with Crippen LogP contribution in [0.1, 0.15) is 34.3 Å². The molecule has 4 rings (SSSR count). The Morgan fingerprint density at radius 2 is 1.75 bits per heavy atom. The lowest BCUT2D eigenvalue weighted by atomic mass is 10.0. The SMILES string of the molecule is C=Cc1cc(C(=O)NS(=O)(=O)C2CC2)c(F)cc1CN1CCN(c2ccc(OC(F)(F)F)cc2)CC1. The molecule has 2 aromatic rings. The van der Waals surface area contributed by atoms with Gasteiger partial charge in [0.1, 0.15) is 11.6 Å². The molecular weight excluding hydrogens is 502 g/mol. The molecule has 12 heteroatoms. The Kier molecular flexibility index (Phi) is 7.28. The van der Waals surface area contributed by atoms with Crippen LogP contribution in [0, 0.1) is 5.82 Å². The minimum atomic E-state index is -4.74. The van der Waals surface area contributed by atoms with Gasteiger partial charge in [0.15, 0.2) is 0 Å². The van der Waals surface area contributed by atoms with Crippen molar-refractivity contribution in [3.8, 4) is 5.75 Å². The van der Waals surface area contributed by atoms with Gasteiger partial charge in [0.25, 0.3) is 5.91 Å². The van der Waals surface area contributed by atoms with Crippen LogP contribution in [0.5, 0.6) is 5.75 Å². The van der Waals surface area contributed by atoms with E-state index in [0.717, 1.165) is 5.69 Å². The van der Waals surface area contributed by atoms with Gasteiger partial charge in [0, 0.05) is 38.4 Å². The Balaban J connectivity index is 1.37. The van der Waals surface area contributed by atoms with Crippen molar-refractivity contribution in [2.24, 2.45) is 0 Å². The maximum atomic E-state index is 14.8. The van der Waals surface area contributed by atoms with Gasteiger partial charge in [-0.3, -0.25) is 9.69 Å². The van der Waals surface area contributed by atoms with Gasteiger partial charge in [-0.05, 0) is 60.4 Å². The van der Waals surface area contributed by atoms with Gasteiger partial charge in [0.05, 0.1) is 10.8 Å². The molecule has 1 saturated heterocycles. The molecule has 0 atom stereocenters. The van der Waals surface area contributed by atoms with Crippen molar-refractivity contribution in [3.63, 3.8) is 0 Å². The van der Waals surface area contributed by atoms with Crippen LogP contribution in [0.4, 0.5) is 23.2 Å². The third kappa shape index (κ3) is 6.35. The third-order valence-corrected chi connectivity index (χ3v) is 7.91. The van der Waals surface area contributed by atoms with Crippen LogP contribution in [-0.4, -0.2) is 57.0 Å². The number of ether oxygens (including phenoxy) is 1. The number of rotatable bonds is 8. The molecule has 1 amide bonds. The van der Waals surface area contributed by atoms with E-state index >= 15 is 0 Å². The fourth-order valence-corrected chi connectivity index (χ4v) is 5.33. The van der Waals surface area contributed by atoms with E-state index in [1.807, 2.05) is 9.62 Å². The molecule has 1 saturated carbocycles. The molecule has 36 heavy (non-hydrogen) atoms. The Bertz CT molecular complexity index is 1240. The maximum absolute atomic E-state index is 14.8. The summed E-state index contributed by atoms with van der Waals surface area (Å²) < 4.78 is 81.7. The molecule has 0 unspecified atom stereocenters. The van der Waals surface area contributed by atoms with Gasteiger partial charge >= 0.3 is 6.36 Å². The van der Waals surface area contributed by atoms with Crippen molar-refractivity contribution < 1.29 is 35.5 Å². The molecule has 2 aromatic carbocycles. The van der Waals surface area contributed by atoms with Gasteiger partial charge in [-0.15, -0.1) is 13.2 Å². The summed E-state index contributed by atoms with van der Waals surface area (Å²) in [6, 6.07) is 8.19. The number of sulfonamides is 1. The first kappa shape index (κ1) is 26.0. The quantitative estimate of drug-likeness (QED) is 0.525. The zero-order valence-electron chi connectivity index (χ0n) is 19.2.